The molecule has 3 aliphatic rings. The van der Waals surface area contributed by atoms with Gasteiger partial charge >= 0.3 is 5.97 Å². The molecule has 3 aliphatic heterocycles. The van der Waals surface area contributed by atoms with Crippen molar-refractivity contribution in [3.63, 3.8) is 0 Å². The zero-order valence-corrected chi connectivity index (χ0v) is 29.6. The van der Waals surface area contributed by atoms with Gasteiger partial charge in [-0.15, -0.1) is 0 Å². The first-order valence-corrected chi connectivity index (χ1v) is 17.3. The molecule has 1 unspecified atom stereocenters. The highest BCUT2D eigenvalue weighted by molar-refractivity contribution is 5.87. The molecule has 2 aromatic carbocycles. The monoisotopic (exact) mass is 802 g/mol. The van der Waals surface area contributed by atoms with Crippen LogP contribution >= 0.6 is 0 Å². The number of aromatic hydroxyl groups is 4. The first-order valence-electron chi connectivity index (χ1n) is 17.3. The summed E-state index contributed by atoms with van der Waals surface area (Å²) in [5.74, 6) is -3.06. The number of hydrogen-bond donors (Lipinski definition) is 13. The van der Waals surface area contributed by atoms with Crippen LogP contribution in [0.3, 0.4) is 0 Å². The van der Waals surface area contributed by atoms with Gasteiger partial charge in [-0.05, 0) is 48.4 Å². The van der Waals surface area contributed by atoms with E-state index in [1.54, 1.807) is 0 Å². The number of carbonyl (C=O) groups is 1. The summed E-state index contributed by atoms with van der Waals surface area (Å²) >= 11 is 0. The summed E-state index contributed by atoms with van der Waals surface area (Å²) < 4.78 is 39.9. The summed E-state index contributed by atoms with van der Waals surface area (Å²) in [5.41, 5.74) is 0.309. The summed E-state index contributed by atoms with van der Waals surface area (Å²) in [6.07, 6.45) is -25.2. The third-order valence-electron chi connectivity index (χ3n) is 9.45. The molecule has 0 radical (unpaired) electrons. The molecule has 21 heteroatoms. The minimum absolute atomic E-state index is 0.0710. The summed E-state index contributed by atoms with van der Waals surface area (Å²) in [6.45, 7) is -0.831. The number of aliphatic hydroxyl groups excluding tert-OH is 9. The number of ether oxygens (including phenoxy) is 7. The van der Waals surface area contributed by atoms with E-state index in [1.807, 2.05) is 0 Å². The van der Waals surface area contributed by atoms with E-state index in [-0.39, 0.29) is 11.1 Å². The van der Waals surface area contributed by atoms with E-state index in [0.29, 0.717) is 0 Å². The maximum Gasteiger partial charge on any atom is 0.331 e. The lowest BCUT2D eigenvalue weighted by molar-refractivity contribution is -0.365. The molecule has 0 bridgehead atoms. The molecule has 3 heterocycles. The van der Waals surface area contributed by atoms with Crippen LogP contribution in [0.2, 0.25) is 0 Å². The van der Waals surface area contributed by atoms with Gasteiger partial charge in [0.2, 0.25) is 0 Å². The van der Waals surface area contributed by atoms with Crippen molar-refractivity contribution in [3.05, 3.63) is 53.6 Å². The molecule has 0 aliphatic carbocycles. The van der Waals surface area contributed by atoms with Crippen LogP contribution in [-0.4, -0.2) is 184 Å². The summed E-state index contributed by atoms with van der Waals surface area (Å²) in [7, 11) is 0. The lowest BCUT2D eigenvalue weighted by atomic mass is 9.96. The Kier molecular flexibility index (Phi) is 14.5. The van der Waals surface area contributed by atoms with Crippen LogP contribution in [-0.2, 0) is 38.0 Å². The van der Waals surface area contributed by atoms with Crippen LogP contribution in [0.5, 0.6) is 23.0 Å². The fraction of sp³-hybridized carbons (Fsp3) is 0.571. The third kappa shape index (κ3) is 9.85. The van der Waals surface area contributed by atoms with Crippen LogP contribution in [0.1, 0.15) is 24.2 Å². The average molecular weight is 803 g/mol. The average Bonchev–Trinajstić information content (AvgIpc) is 3.17. The van der Waals surface area contributed by atoms with E-state index in [1.165, 1.54) is 25.1 Å². The Balaban J connectivity index is 1.45. The van der Waals surface area contributed by atoms with Gasteiger partial charge < -0.3 is 99.5 Å². The molecular weight excluding hydrogens is 756 g/mol. The normalized spacial score (nSPS) is 37.0. The van der Waals surface area contributed by atoms with Gasteiger partial charge in [-0.1, -0.05) is 12.1 Å². The molecule has 13 N–H and O–H groups in total. The maximum absolute atomic E-state index is 13.3. The quantitative estimate of drug-likeness (QED) is 0.0526. The first-order chi connectivity index (χ1) is 26.5. The molecule has 56 heavy (non-hydrogen) atoms. The molecule has 3 fully saturated rings. The third-order valence-corrected chi connectivity index (χ3v) is 9.45. The highest BCUT2D eigenvalue weighted by Gasteiger charge is 2.53. The lowest BCUT2D eigenvalue weighted by Gasteiger charge is -2.47. The maximum atomic E-state index is 13.3. The number of phenolic OH excluding ortho intramolecular Hbond substituents is 4. The van der Waals surface area contributed by atoms with Crippen molar-refractivity contribution in [2.24, 2.45) is 0 Å². The molecule has 312 valence electrons. The Hall–Kier alpha value is -3.75. The highest BCUT2D eigenvalue weighted by atomic mass is 16.8. The van der Waals surface area contributed by atoms with Gasteiger partial charge in [-0.3, -0.25) is 0 Å². The summed E-state index contributed by atoms with van der Waals surface area (Å²) in [6, 6.07) is 7.08. The Morgan fingerprint density at radius 3 is 1.96 bits per heavy atom. The Morgan fingerprint density at radius 1 is 0.696 bits per heavy atom. The van der Waals surface area contributed by atoms with E-state index in [2.05, 4.69) is 0 Å². The number of benzene rings is 2. The van der Waals surface area contributed by atoms with Crippen LogP contribution in [0, 0.1) is 0 Å². The van der Waals surface area contributed by atoms with Crippen molar-refractivity contribution < 1.29 is 104 Å². The van der Waals surface area contributed by atoms with E-state index in [9.17, 15) is 71.2 Å². The molecule has 0 spiro atoms. The Bertz CT molecular complexity index is 1640. The largest absolute Gasteiger partial charge is 0.504 e. The molecule has 0 saturated carbocycles. The second kappa shape index (κ2) is 18.7. The Labute approximate surface area is 317 Å². The van der Waals surface area contributed by atoms with E-state index >= 15 is 0 Å². The predicted octanol–water partition coefficient (Wildman–Crippen LogP) is -3.70. The van der Waals surface area contributed by atoms with Crippen LogP contribution in [0.25, 0.3) is 6.08 Å². The van der Waals surface area contributed by atoms with Gasteiger partial charge in [0.1, 0.15) is 67.1 Å². The van der Waals surface area contributed by atoms with Crippen LogP contribution < -0.4 is 0 Å². The second-order valence-corrected chi connectivity index (χ2v) is 13.4. The summed E-state index contributed by atoms with van der Waals surface area (Å²) in [5, 5.41) is 134. The van der Waals surface area contributed by atoms with Gasteiger partial charge in [0, 0.05) is 6.08 Å². The number of esters is 1. The van der Waals surface area contributed by atoms with Crippen molar-refractivity contribution in [1.29, 1.82) is 0 Å². The minimum Gasteiger partial charge on any atom is -0.504 e. The number of hydrogen-bond acceptors (Lipinski definition) is 21. The van der Waals surface area contributed by atoms with Gasteiger partial charge in [-0.2, -0.15) is 0 Å². The van der Waals surface area contributed by atoms with Gasteiger partial charge in [-0.25, -0.2) is 4.79 Å². The summed E-state index contributed by atoms with van der Waals surface area (Å²) in [4.78, 5) is 13.3. The highest BCUT2D eigenvalue weighted by Crippen LogP contribution is 2.34. The Morgan fingerprint density at radius 2 is 1.30 bits per heavy atom. The fourth-order valence-corrected chi connectivity index (χ4v) is 6.15. The molecule has 3 saturated heterocycles. The predicted molar refractivity (Wildman–Crippen MR) is 181 cm³/mol. The van der Waals surface area contributed by atoms with Crippen molar-refractivity contribution in [2.75, 3.05) is 19.8 Å². The standard InChI is InChI=1S/C35H46O21/c1-13-24(43)26(45)29(48)35(52-13)56-32-30(49)34(50-11-20(41)15-4-6-17(38)19(40)9-15)54-22(12-51-33-28(47)27(46)25(44)21(10-36)53-33)31(32)55-23(42)7-3-14-2-5-16(37)18(39)8-14/h2-9,13,20-22,24-41,43-49H,10-12H2,1H3/b7-3+/t13-,20?,21+,22+,24-,25+,26+,27-,28+,29+,30+,31+,32+,33+,34+,35-/m0/s1. The van der Waals surface area contributed by atoms with Crippen molar-refractivity contribution in [1.82, 2.24) is 0 Å². The zero-order chi connectivity index (χ0) is 41.0. The molecule has 5 rings (SSSR count). The minimum atomic E-state index is -1.98. The van der Waals surface area contributed by atoms with E-state index in [0.717, 1.165) is 30.3 Å². The lowest BCUT2D eigenvalue weighted by Crippen LogP contribution is -2.65. The van der Waals surface area contributed by atoms with Gasteiger partial charge in [0.15, 0.2) is 48.0 Å². The SMILES string of the molecule is C[C@@H]1O[C@@H](O[C@@H]2[C@@H](O)[C@H](OCC(O)c3ccc(O)c(O)c3)O[C@H](CO[C@@H]3O[C@H](CO)[C@@H](O)[C@H](O)[C@H]3O)[C@H]2OC(=O)/C=C/c2ccc(O)c(O)c2)[C@H](O)[C@H](O)[C@H]1O. The first kappa shape index (κ1) is 43.4. The number of rotatable bonds is 13. The molecule has 0 aromatic heterocycles. The molecular formula is C35H46O21. The van der Waals surface area contributed by atoms with E-state index in [4.69, 9.17) is 33.2 Å². The van der Waals surface area contributed by atoms with Crippen molar-refractivity contribution in [2.45, 2.75) is 105 Å². The van der Waals surface area contributed by atoms with Gasteiger partial charge in [0.05, 0.1) is 25.9 Å². The van der Waals surface area contributed by atoms with Crippen LogP contribution in [0.4, 0.5) is 0 Å². The number of aliphatic hydroxyl groups is 9. The fourth-order valence-electron chi connectivity index (χ4n) is 6.15. The molecule has 0 amide bonds. The topological polar surface area (TPSA) is 345 Å². The van der Waals surface area contributed by atoms with E-state index < -0.39 is 147 Å². The zero-order valence-electron chi connectivity index (χ0n) is 29.6. The number of phenols is 4. The smallest absolute Gasteiger partial charge is 0.331 e. The van der Waals surface area contributed by atoms with Gasteiger partial charge in [0.25, 0.3) is 0 Å². The second-order valence-electron chi connectivity index (χ2n) is 13.4. The van der Waals surface area contributed by atoms with Crippen molar-refractivity contribution in [3.8, 4) is 23.0 Å². The van der Waals surface area contributed by atoms with Crippen molar-refractivity contribution >= 4 is 12.0 Å². The molecule has 16 atom stereocenters. The molecule has 2 aromatic rings. The number of carbonyl (C=O) groups excluding carboxylic acids is 1. The van der Waals surface area contributed by atoms with Crippen LogP contribution in [0.15, 0.2) is 42.5 Å². The molecule has 21 nitrogen and oxygen atoms in total.